The molecule has 0 radical (unpaired) electrons. The summed E-state index contributed by atoms with van der Waals surface area (Å²) in [6.45, 7) is 5.78. The number of nitrogens with one attached hydrogen (secondary N) is 1. The maximum absolute atomic E-state index is 15.0. The highest BCUT2D eigenvalue weighted by atomic mass is 28.4. The predicted octanol–water partition coefficient (Wildman–Crippen LogP) is 13.9. The van der Waals surface area contributed by atoms with Gasteiger partial charge in [-0.2, -0.15) is 74.6 Å². The monoisotopic (exact) mass is 1020 g/mol. The Bertz CT molecular complexity index is 2020. The average molecular weight is 1020 g/mol. The molecule has 0 fully saturated rings. The summed E-state index contributed by atoms with van der Waals surface area (Å²) < 4.78 is 285. The van der Waals surface area contributed by atoms with Crippen LogP contribution in [-0.4, -0.2) is 87.8 Å². The van der Waals surface area contributed by atoms with Crippen molar-refractivity contribution in [1.29, 1.82) is 0 Å². The molecule has 2 aromatic rings. The maximum atomic E-state index is 15.0. The maximum Gasteiger partial charge on any atom is 0.460 e. The van der Waals surface area contributed by atoms with Crippen LogP contribution in [0, 0.1) is 11.6 Å². The van der Waals surface area contributed by atoms with Crippen LogP contribution in [0.3, 0.4) is 0 Å². The third kappa shape index (κ3) is 12.5. The summed E-state index contributed by atoms with van der Waals surface area (Å²) in [7, 11) is -4.05. The van der Waals surface area contributed by atoms with Crippen molar-refractivity contribution in [1.82, 2.24) is 0 Å². The van der Waals surface area contributed by atoms with Crippen LogP contribution in [0.1, 0.15) is 59.1 Å². The number of amides is 1. The summed E-state index contributed by atoms with van der Waals surface area (Å²) in [5.41, 5.74) is -2.00. The molecule has 1 N–H and O–H groups in total. The van der Waals surface area contributed by atoms with Gasteiger partial charge in [0, 0.05) is 25.0 Å². The van der Waals surface area contributed by atoms with Crippen molar-refractivity contribution in [3.05, 3.63) is 84.0 Å². The molecule has 7 nitrogen and oxygen atoms in total. The first kappa shape index (κ1) is 58.4. The van der Waals surface area contributed by atoms with Gasteiger partial charge in [-0.3, -0.25) is 5.32 Å². The molecular weight excluding hydrogens is 979 g/mol. The molecule has 0 saturated carbocycles. The molecule has 380 valence electrons. The summed E-state index contributed by atoms with van der Waals surface area (Å²) in [5.74, 6) is -59.7. The highest BCUT2D eigenvalue weighted by Crippen LogP contribution is 2.64. The Balaban J connectivity index is 2.29. The lowest BCUT2D eigenvalue weighted by Crippen LogP contribution is -2.74. The van der Waals surface area contributed by atoms with Crippen LogP contribution in [0.15, 0.2) is 66.8 Å². The lowest BCUT2D eigenvalue weighted by atomic mass is 9.88. The Morgan fingerprint density at radius 3 is 1.70 bits per heavy atom. The Morgan fingerprint density at radius 2 is 1.21 bits per heavy atom. The zero-order valence-corrected chi connectivity index (χ0v) is 36.5. The van der Waals surface area contributed by atoms with E-state index < -0.39 is 128 Å². The molecule has 0 aliphatic heterocycles. The van der Waals surface area contributed by atoms with Gasteiger partial charge in [0.25, 0.3) is 0 Å². The molecule has 67 heavy (non-hydrogen) atoms. The molecule has 0 spiro atoms. The van der Waals surface area contributed by atoms with Crippen molar-refractivity contribution in [3.63, 3.8) is 0 Å². The van der Waals surface area contributed by atoms with Crippen molar-refractivity contribution < 1.29 is 112 Å². The van der Waals surface area contributed by atoms with Gasteiger partial charge >= 0.3 is 59.7 Å². The normalized spacial score (nSPS) is 14.6. The zero-order valence-electron chi connectivity index (χ0n) is 35.5. The highest BCUT2D eigenvalue weighted by molar-refractivity contribution is 6.76. The molecule has 0 heterocycles. The number of hydrogen-bond acceptors (Lipinski definition) is 6. The highest BCUT2D eigenvalue weighted by Gasteiger charge is 2.95. The van der Waals surface area contributed by atoms with Gasteiger partial charge in [0.15, 0.2) is 8.32 Å². The van der Waals surface area contributed by atoms with Gasteiger partial charge in [0.2, 0.25) is 0 Å². The van der Waals surface area contributed by atoms with E-state index in [1.807, 2.05) is 0 Å². The number of ether oxygens (including phenoxy) is 3. The molecule has 0 bridgehead atoms. The number of anilines is 1. The van der Waals surface area contributed by atoms with Crippen molar-refractivity contribution in [2.45, 2.75) is 118 Å². The Labute approximate surface area is 370 Å². The first-order chi connectivity index (χ1) is 30.4. The van der Waals surface area contributed by atoms with E-state index in [-0.39, 0.29) is 24.3 Å². The van der Waals surface area contributed by atoms with E-state index in [2.05, 4.69) is 5.32 Å². The fourth-order valence-corrected chi connectivity index (χ4v) is 10.7. The van der Waals surface area contributed by atoms with E-state index in [9.17, 15) is 93.0 Å². The summed E-state index contributed by atoms with van der Waals surface area (Å²) in [5, 5.41) is 2.11. The largest absolute Gasteiger partial charge is 0.491 e. The van der Waals surface area contributed by atoms with E-state index in [1.54, 1.807) is 6.92 Å². The molecule has 2 rings (SSSR count). The number of allylic oxidation sites excluding steroid dienone is 2. The minimum atomic E-state index is -8.72. The molecule has 1 atom stereocenters. The number of hydrogen-bond donors (Lipinski definition) is 1. The molecule has 0 unspecified atom stereocenters. The molecule has 0 saturated heterocycles. The standard InChI is InChI=1S/C40H42F19NO6Si/c1-6-63-31(61)11-9-7-8-10-30(66-32(62)60-29-17-14-26(41)22-28(29)42)25-12-15-27(16-13-25)64-19-20-65-67(23(2)3,24(4)5)21-18-33(43,44)34(45,46)35(47,48)36(49,50)37(51,52)38(53,54)39(55,56)40(57,58)59/h7-9,11-17,22-24,30H,6,10,18-21H2,1-5H3,(H,60,62)/b8-7+,11-9+/t30-/m0/s1. The van der Waals surface area contributed by atoms with E-state index >= 15 is 0 Å². The lowest BCUT2D eigenvalue weighted by Gasteiger charge is -2.44. The summed E-state index contributed by atoms with van der Waals surface area (Å²) >= 11 is 0. The van der Waals surface area contributed by atoms with Gasteiger partial charge in [-0.05, 0) is 53.9 Å². The molecular formula is C40H42F19NO6Si. The van der Waals surface area contributed by atoms with E-state index in [0.717, 1.165) is 18.2 Å². The van der Waals surface area contributed by atoms with Crippen molar-refractivity contribution in [2.24, 2.45) is 0 Å². The van der Waals surface area contributed by atoms with Crippen LogP contribution in [0.2, 0.25) is 17.1 Å². The number of carbonyl (C=O) groups excluding carboxylic acids is 2. The second-order valence-corrected chi connectivity index (χ2v) is 20.1. The minimum Gasteiger partial charge on any atom is -0.491 e. The molecule has 2 aromatic carbocycles. The van der Waals surface area contributed by atoms with Crippen LogP contribution < -0.4 is 10.1 Å². The summed E-state index contributed by atoms with van der Waals surface area (Å²) in [6.07, 6.45) is -7.53. The fraction of sp³-hybridized carbons (Fsp3) is 0.550. The summed E-state index contributed by atoms with van der Waals surface area (Å²) in [4.78, 5) is 24.2. The Hall–Kier alpha value is -4.69. The quantitative estimate of drug-likeness (QED) is 0.0282. The summed E-state index contributed by atoms with van der Waals surface area (Å²) in [6, 6.07) is 6.29. The van der Waals surface area contributed by atoms with E-state index in [0.29, 0.717) is 6.07 Å². The lowest BCUT2D eigenvalue weighted by molar-refractivity contribution is -0.461. The number of alkyl halides is 17. The smallest absolute Gasteiger partial charge is 0.460 e. The van der Waals surface area contributed by atoms with Crippen LogP contribution in [-0.2, 0) is 18.7 Å². The topological polar surface area (TPSA) is 83.1 Å². The predicted molar refractivity (Wildman–Crippen MR) is 203 cm³/mol. The Kier molecular flexibility index (Phi) is 18.9. The average Bonchev–Trinajstić information content (AvgIpc) is 3.20. The molecule has 27 heteroatoms. The van der Waals surface area contributed by atoms with Crippen molar-refractivity contribution >= 4 is 26.1 Å². The van der Waals surface area contributed by atoms with Gasteiger partial charge in [-0.1, -0.05) is 58.1 Å². The van der Waals surface area contributed by atoms with Gasteiger partial charge < -0.3 is 18.6 Å². The number of carbonyl (C=O) groups is 2. The third-order valence-electron chi connectivity index (χ3n) is 10.1. The molecule has 0 aliphatic rings. The molecule has 0 aromatic heterocycles. The SMILES string of the molecule is CCOC(=O)/C=C/C=C/C[C@H](OC(=O)Nc1ccc(F)cc1F)c1ccc(OCCO[Si](CCC(F)(F)C(F)(F)C(F)(F)C(F)(F)C(F)(F)C(F)(F)C(F)(F)C(F)(F)F)(C(C)C)C(C)C)cc1. The Morgan fingerprint density at radius 1 is 0.687 bits per heavy atom. The first-order valence-electron chi connectivity index (χ1n) is 19.4. The van der Waals surface area contributed by atoms with Gasteiger partial charge in [0.05, 0.1) is 18.9 Å². The number of esters is 1. The number of rotatable bonds is 24. The van der Waals surface area contributed by atoms with Gasteiger partial charge in [-0.25, -0.2) is 18.4 Å². The van der Waals surface area contributed by atoms with Crippen LogP contribution in [0.5, 0.6) is 5.75 Å². The number of benzene rings is 2. The zero-order chi connectivity index (χ0) is 51.8. The van der Waals surface area contributed by atoms with Crippen molar-refractivity contribution in [2.75, 3.05) is 25.1 Å². The molecule has 1 amide bonds. The molecule has 0 aliphatic carbocycles. The second kappa shape index (κ2) is 21.7. The van der Waals surface area contributed by atoms with Gasteiger partial charge in [0.1, 0.15) is 30.1 Å². The van der Waals surface area contributed by atoms with Crippen molar-refractivity contribution in [3.8, 4) is 5.75 Å². The van der Waals surface area contributed by atoms with Crippen LogP contribution >= 0.6 is 0 Å². The van der Waals surface area contributed by atoms with E-state index in [1.165, 1.54) is 70.2 Å². The third-order valence-corrected chi connectivity index (χ3v) is 15.8. The van der Waals surface area contributed by atoms with E-state index in [4.69, 9.17) is 18.6 Å². The fourth-order valence-electron chi connectivity index (χ4n) is 6.24. The van der Waals surface area contributed by atoms with Crippen LogP contribution in [0.25, 0.3) is 0 Å². The number of halogens is 19. The second-order valence-electron chi connectivity index (χ2n) is 15.1. The first-order valence-corrected chi connectivity index (χ1v) is 21.7. The van der Waals surface area contributed by atoms with Gasteiger partial charge in [-0.15, -0.1) is 0 Å². The minimum absolute atomic E-state index is 0.0444. The van der Waals surface area contributed by atoms with Crippen LogP contribution in [0.4, 0.5) is 93.9 Å².